The number of hydrogen-bond donors (Lipinski definition) is 1. The molecule has 1 N–H and O–H groups in total. The van der Waals surface area contributed by atoms with Gasteiger partial charge in [0.05, 0.1) is 37.1 Å². The van der Waals surface area contributed by atoms with Crippen LogP contribution in [0, 0.1) is 6.92 Å². The van der Waals surface area contributed by atoms with E-state index in [2.05, 4.69) is 24.9 Å². The number of aromatic nitrogens is 5. The Labute approximate surface area is 196 Å². The second-order valence-corrected chi connectivity index (χ2v) is 9.58. The van der Waals surface area contributed by atoms with Crippen molar-refractivity contribution in [1.29, 1.82) is 0 Å². The second-order valence-electron chi connectivity index (χ2n) is 7.48. The Morgan fingerprint density at radius 1 is 1.06 bits per heavy atom. The van der Waals surface area contributed by atoms with E-state index in [0.717, 1.165) is 5.69 Å². The molecule has 0 aliphatic heterocycles. The predicted molar refractivity (Wildman–Crippen MR) is 125 cm³/mol. The molecule has 0 spiro atoms. The predicted octanol–water partition coefficient (Wildman–Crippen LogP) is 3.02. The van der Waals surface area contributed by atoms with Crippen LogP contribution in [0.5, 0.6) is 11.5 Å². The molecule has 1 atom stereocenters. The molecule has 0 fully saturated rings. The Kier molecular flexibility index (Phi) is 6.50. The number of anilines is 1. The zero-order chi connectivity index (χ0) is 24.3. The summed E-state index contributed by atoms with van der Waals surface area (Å²) in [5.41, 5.74) is 1.73. The van der Waals surface area contributed by atoms with Crippen LogP contribution in [0.4, 0.5) is 5.95 Å². The van der Waals surface area contributed by atoms with Crippen molar-refractivity contribution < 1.29 is 22.3 Å². The molecule has 0 bridgehead atoms. The Balaban J connectivity index is 1.77. The maximum absolute atomic E-state index is 13.2. The third-order valence-electron chi connectivity index (χ3n) is 5.12. The number of benzene rings is 1. The SMILES string of the molecule is COc1cccc(OC)c1-n1c(NS(=O)(=O)C(C)Cc2cnc(C)cn2)nnc1-c1ccco1. The molecule has 3 aromatic heterocycles. The normalized spacial score (nSPS) is 12.4. The van der Waals surface area contributed by atoms with Crippen molar-refractivity contribution in [2.24, 2.45) is 0 Å². The van der Waals surface area contributed by atoms with Gasteiger partial charge in [0.15, 0.2) is 5.76 Å². The van der Waals surface area contributed by atoms with Crippen molar-refractivity contribution in [3.8, 4) is 28.8 Å². The molecule has 4 rings (SSSR count). The van der Waals surface area contributed by atoms with E-state index in [0.29, 0.717) is 28.6 Å². The molecular weight excluding hydrogens is 460 g/mol. The number of nitrogens with zero attached hydrogens (tertiary/aromatic N) is 5. The molecule has 4 aromatic rings. The van der Waals surface area contributed by atoms with Crippen LogP contribution in [0.1, 0.15) is 18.3 Å². The summed E-state index contributed by atoms with van der Waals surface area (Å²) < 4.78 is 47.1. The highest BCUT2D eigenvalue weighted by Gasteiger charge is 2.29. The lowest BCUT2D eigenvalue weighted by Gasteiger charge is -2.18. The molecule has 0 saturated carbocycles. The fourth-order valence-corrected chi connectivity index (χ4v) is 4.31. The quantitative estimate of drug-likeness (QED) is 0.380. The van der Waals surface area contributed by atoms with Gasteiger partial charge in [-0.25, -0.2) is 8.42 Å². The number of sulfonamides is 1. The summed E-state index contributed by atoms with van der Waals surface area (Å²) in [5.74, 6) is 1.46. The smallest absolute Gasteiger partial charge is 0.243 e. The lowest BCUT2D eigenvalue weighted by molar-refractivity contribution is 0.391. The summed E-state index contributed by atoms with van der Waals surface area (Å²) >= 11 is 0. The van der Waals surface area contributed by atoms with Crippen LogP contribution in [0.2, 0.25) is 0 Å². The van der Waals surface area contributed by atoms with Gasteiger partial charge < -0.3 is 13.9 Å². The Morgan fingerprint density at radius 3 is 2.38 bits per heavy atom. The van der Waals surface area contributed by atoms with Crippen LogP contribution < -0.4 is 14.2 Å². The zero-order valence-electron chi connectivity index (χ0n) is 19.1. The van der Waals surface area contributed by atoms with E-state index in [4.69, 9.17) is 13.9 Å². The molecule has 0 radical (unpaired) electrons. The third-order valence-corrected chi connectivity index (χ3v) is 6.82. The van der Waals surface area contributed by atoms with E-state index >= 15 is 0 Å². The second kappa shape index (κ2) is 9.51. The number of para-hydroxylation sites is 1. The van der Waals surface area contributed by atoms with Gasteiger partial charge in [0.1, 0.15) is 17.2 Å². The lowest BCUT2D eigenvalue weighted by atomic mass is 10.2. The standard InChI is InChI=1S/C22H24N6O5S/c1-14-12-24-16(13-23-14)11-15(2)34(29,30)27-22-26-25-21(19-9-6-10-33-19)28(22)20-17(31-3)7-5-8-18(20)32-4/h5-10,12-13,15H,11H2,1-4H3,(H,26,27). The van der Waals surface area contributed by atoms with Gasteiger partial charge >= 0.3 is 0 Å². The molecular formula is C22H24N6O5S. The number of nitrogens with one attached hydrogen (secondary N) is 1. The monoisotopic (exact) mass is 484 g/mol. The van der Waals surface area contributed by atoms with Gasteiger partial charge in [-0.3, -0.25) is 19.3 Å². The van der Waals surface area contributed by atoms with Gasteiger partial charge in [-0.15, -0.1) is 10.2 Å². The highest BCUT2D eigenvalue weighted by atomic mass is 32.2. The highest BCUT2D eigenvalue weighted by Crippen LogP contribution is 2.37. The van der Waals surface area contributed by atoms with Gasteiger partial charge in [-0.05, 0) is 38.1 Å². The average Bonchev–Trinajstić information content (AvgIpc) is 3.49. The maximum atomic E-state index is 13.2. The number of rotatable bonds is 9. The van der Waals surface area contributed by atoms with Crippen molar-refractivity contribution in [2.75, 3.05) is 18.9 Å². The van der Waals surface area contributed by atoms with Gasteiger partial charge in [-0.2, -0.15) is 0 Å². The molecule has 1 aromatic carbocycles. The first kappa shape index (κ1) is 23.2. The fraction of sp³-hybridized carbons (Fsp3) is 0.273. The summed E-state index contributed by atoms with van der Waals surface area (Å²) in [6, 6.07) is 8.59. The molecule has 0 amide bonds. The number of ether oxygens (including phenoxy) is 2. The lowest BCUT2D eigenvalue weighted by Crippen LogP contribution is -2.29. The van der Waals surface area contributed by atoms with Gasteiger partial charge in [0, 0.05) is 18.8 Å². The number of aryl methyl sites for hydroxylation is 1. The van der Waals surface area contributed by atoms with Crippen molar-refractivity contribution in [3.63, 3.8) is 0 Å². The minimum atomic E-state index is -3.90. The first-order valence-corrected chi connectivity index (χ1v) is 11.9. The number of methoxy groups -OCH3 is 2. The van der Waals surface area contributed by atoms with Crippen LogP contribution in [0.15, 0.2) is 53.4 Å². The van der Waals surface area contributed by atoms with Crippen molar-refractivity contribution in [2.45, 2.75) is 25.5 Å². The molecule has 12 heteroatoms. The first-order valence-electron chi connectivity index (χ1n) is 10.3. The minimum Gasteiger partial charge on any atom is -0.494 e. The van der Waals surface area contributed by atoms with Gasteiger partial charge in [0.25, 0.3) is 0 Å². The molecule has 3 heterocycles. The fourth-order valence-electron chi connectivity index (χ4n) is 3.34. The van der Waals surface area contributed by atoms with Gasteiger partial charge in [0.2, 0.25) is 21.8 Å². The zero-order valence-corrected chi connectivity index (χ0v) is 19.9. The molecule has 11 nitrogen and oxygen atoms in total. The minimum absolute atomic E-state index is 0.0453. The largest absolute Gasteiger partial charge is 0.494 e. The molecule has 0 aliphatic carbocycles. The Morgan fingerprint density at radius 2 is 1.79 bits per heavy atom. The summed E-state index contributed by atoms with van der Waals surface area (Å²) in [7, 11) is -0.893. The van der Waals surface area contributed by atoms with Crippen LogP contribution in [-0.4, -0.2) is 52.6 Å². The van der Waals surface area contributed by atoms with Crippen molar-refractivity contribution in [3.05, 3.63) is 60.4 Å². The van der Waals surface area contributed by atoms with E-state index < -0.39 is 15.3 Å². The summed E-state index contributed by atoms with van der Waals surface area (Å²) in [4.78, 5) is 8.43. The number of furan rings is 1. The van der Waals surface area contributed by atoms with E-state index in [1.54, 1.807) is 49.6 Å². The van der Waals surface area contributed by atoms with E-state index in [1.165, 1.54) is 25.0 Å². The molecule has 0 aliphatic rings. The summed E-state index contributed by atoms with van der Waals surface area (Å²) in [5, 5.41) is 7.46. The van der Waals surface area contributed by atoms with Crippen LogP contribution in [0.3, 0.4) is 0 Å². The molecule has 34 heavy (non-hydrogen) atoms. The van der Waals surface area contributed by atoms with Crippen LogP contribution in [-0.2, 0) is 16.4 Å². The van der Waals surface area contributed by atoms with Crippen molar-refractivity contribution in [1.82, 2.24) is 24.7 Å². The van der Waals surface area contributed by atoms with E-state index in [1.807, 2.05) is 6.92 Å². The first-order chi connectivity index (χ1) is 16.3. The topological polar surface area (TPSA) is 134 Å². The third kappa shape index (κ3) is 4.57. The summed E-state index contributed by atoms with van der Waals surface area (Å²) in [6.07, 6.45) is 4.82. The Bertz CT molecular complexity index is 1350. The summed E-state index contributed by atoms with van der Waals surface area (Å²) in [6.45, 7) is 3.40. The average molecular weight is 485 g/mol. The molecule has 1 unspecified atom stereocenters. The Hall–Kier alpha value is -3.93. The molecule has 0 saturated heterocycles. The van der Waals surface area contributed by atoms with Gasteiger partial charge in [-0.1, -0.05) is 6.07 Å². The van der Waals surface area contributed by atoms with Crippen LogP contribution in [0.25, 0.3) is 17.3 Å². The molecule has 178 valence electrons. The number of hydrogen-bond acceptors (Lipinski definition) is 9. The van der Waals surface area contributed by atoms with Crippen LogP contribution >= 0.6 is 0 Å². The van der Waals surface area contributed by atoms with Crippen molar-refractivity contribution >= 4 is 16.0 Å². The van der Waals surface area contributed by atoms with E-state index in [9.17, 15) is 8.42 Å². The highest BCUT2D eigenvalue weighted by molar-refractivity contribution is 7.93. The van der Waals surface area contributed by atoms with E-state index in [-0.39, 0.29) is 18.2 Å². The maximum Gasteiger partial charge on any atom is 0.243 e.